The van der Waals surface area contributed by atoms with E-state index in [0.29, 0.717) is 5.92 Å². The molecule has 1 unspecified atom stereocenters. The summed E-state index contributed by atoms with van der Waals surface area (Å²) in [6, 6.07) is 6.66. The summed E-state index contributed by atoms with van der Waals surface area (Å²) in [5.74, 6) is 0.527. The third-order valence-electron chi connectivity index (χ3n) is 3.12. The van der Waals surface area contributed by atoms with E-state index in [2.05, 4.69) is 39.0 Å². The molecule has 1 N–H and O–H groups in total. The van der Waals surface area contributed by atoms with Crippen molar-refractivity contribution in [3.63, 3.8) is 0 Å². The maximum Gasteiger partial charge on any atom is 0.0436 e. The van der Waals surface area contributed by atoms with Gasteiger partial charge >= 0.3 is 0 Å². The molecule has 0 saturated heterocycles. The fourth-order valence-electron chi connectivity index (χ4n) is 2.00. The van der Waals surface area contributed by atoms with Crippen LogP contribution >= 0.6 is 0 Å². The average molecular weight is 206 g/mol. The average Bonchev–Trinajstić information content (AvgIpc) is 2.22. The highest BCUT2D eigenvalue weighted by molar-refractivity contribution is 5.31. The molecule has 84 valence electrons. The number of benzene rings is 1. The summed E-state index contributed by atoms with van der Waals surface area (Å²) in [6.45, 7) is 6.78. The largest absolute Gasteiger partial charge is 0.396 e. The lowest BCUT2D eigenvalue weighted by atomic mass is 9.90. The van der Waals surface area contributed by atoms with Gasteiger partial charge in [0.25, 0.3) is 0 Å². The summed E-state index contributed by atoms with van der Waals surface area (Å²) in [7, 11) is 0. The third kappa shape index (κ3) is 3.35. The zero-order valence-electron chi connectivity index (χ0n) is 10.1. The van der Waals surface area contributed by atoms with Gasteiger partial charge in [-0.15, -0.1) is 0 Å². The summed E-state index contributed by atoms with van der Waals surface area (Å²) in [5, 5.41) is 9.05. The highest BCUT2D eigenvalue weighted by Crippen LogP contribution is 2.26. The Bertz CT molecular complexity index is 298. The second-order valence-corrected chi connectivity index (χ2v) is 4.34. The second-order valence-electron chi connectivity index (χ2n) is 4.34. The second kappa shape index (κ2) is 5.92. The van der Waals surface area contributed by atoms with E-state index in [0.717, 1.165) is 6.42 Å². The van der Waals surface area contributed by atoms with Crippen LogP contribution in [0, 0.1) is 13.8 Å². The molecular weight excluding hydrogens is 184 g/mol. The highest BCUT2D eigenvalue weighted by Gasteiger charge is 2.10. The van der Waals surface area contributed by atoms with Crippen LogP contribution in [-0.2, 0) is 0 Å². The fourth-order valence-corrected chi connectivity index (χ4v) is 2.00. The van der Waals surface area contributed by atoms with Crippen molar-refractivity contribution in [2.24, 2.45) is 0 Å². The van der Waals surface area contributed by atoms with Crippen molar-refractivity contribution in [3.8, 4) is 0 Å². The molecule has 1 heteroatoms. The molecule has 0 aliphatic rings. The van der Waals surface area contributed by atoms with E-state index in [9.17, 15) is 0 Å². The molecule has 15 heavy (non-hydrogen) atoms. The summed E-state index contributed by atoms with van der Waals surface area (Å²) in [6.07, 6.45) is 3.23. The summed E-state index contributed by atoms with van der Waals surface area (Å²) >= 11 is 0. The standard InChI is InChI=1S/C14H22O/c1-4-5-13(8-9-15)14-7-6-11(2)12(3)10-14/h6-7,10,13,15H,4-5,8-9H2,1-3H3. The SMILES string of the molecule is CCCC(CCO)c1ccc(C)c(C)c1. The maximum absolute atomic E-state index is 9.05. The Kier molecular flexibility index (Phi) is 4.83. The van der Waals surface area contributed by atoms with Crippen LogP contribution in [0.1, 0.15) is 48.8 Å². The summed E-state index contributed by atoms with van der Waals surface area (Å²) in [4.78, 5) is 0. The van der Waals surface area contributed by atoms with Gasteiger partial charge < -0.3 is 5.11 Å². The van der Waals surface area contributed by atoms with Crippen molar-refractivity contribution >= 4 is 0 Å². The lowest BCUT2D eigenvalue weighted by Crippen LogP contribution is -2.02. The lowest BCUT2D eigenvalue weighted by molar-refractivity contribution is 0.272. The van der Waals surface area contributed by atoms with Gasteiger partial charge in [-0.3, -0.25) is 0 Å². The number of aliphatic hydroxyl groups is 1. The Hall–Kier alpha value is -0.820. The van der Waals surface area contributed by atoms with E-state index in [1.165, 1.54) is 29.5 Å². The Morgan fingerprint density at radius 3 is 2.40 bits per heavy atom. The molecule has 0 bridgehead atoms. The van der Waals surface area contributed by atoms with Crippen LogP contribution < -0.4 is 0 Å². The molecule has 0 fully saturated rings. The highest BCUT2D eigenvalue weighted by atomic mass is 16.3. The van der Waals surface area contributed by atoms with E-state index in [-0.39, 0.29) is 6.61 Å². The topological polar surface area (TPSA) is 20.2 Å². The molecular formula is C14H22O. The minimum atomic E-state index is 0.289. The van der Waals surface area contributed by atoms with Gasteiger partial charge in [0, 0.05) is 6.61 Å². The van der Waals surface area contributed by atoms with Crippen molar-refractivity contribution in [3.05, 3.63) is 34.9 Å². The first kappa shape index (κ1) is 12.3. The number of aliphatic hydroxyl groups excluding tert-OH is 1. The molecule has 0 aliphatic carbocycles. The van der Waals surface area contributed by atoms with E-state index < -0.39 is 0 Å². The van der Waals surface area contributed by atoms with Crippen molar-refractivity contribution in [1.82, 2.24) is 0 Å². The molecule has 0 amide bonds. The van der Waals surface area contributed by atoms with Crippen LogP contribution in [-0.4, -0.2) is 11.7 Å². The minimum Gasteiger partial charge on any atom is -0.396 e. The van der Waals surface area contributed by atoms with Crippen LogP contribution in [0.4, 0.5) is 0 Å². The van der Waals surface area contributed by atoms with Gasteiger partial charge in [0.05, 0.1) is 0 Å². The minimum absolute atomic E-state index is 0.289. The third-order valence-corrected chi connectivity index (χ3v) is 3.12. The smallest absolute Gasteiger partial charge is 0.0436 e. The molecule has 0 aromatic heterocycles. The Balaban J connectivity index is 2.85. The van der Waals surface area contributed by atoms with E-state index >= 15 is 0 Å². The van der Waals surface area contributed by atoms with Crippen molar-refractivity contribution in [2.75, 3.05) is 6.61 Å². The first-order chi connectivity index (χ1) is 7.19. The van der Waals surface area contributed by atoms with Crippen molar-refractivity contribution < 1.29 is 5.11 Å². The summed E-state index contributed by atoms with van der Waals surface area (Å²) < 4.78 is 0. The predicted molar refractivity (Wildman–Crippen MR) is 65.3 cm³/mol. The van der Waals surface area contributed by atoms with Gasteiger partial charge in [-0.05, 0) is 49.3 Å². The van der Waals surface area contributed by atoms with Gasteiger partial charge in [-0.25, -0.2) is 0 Å². The van der Waals surface area contributed by atoms with Gasteiger partial charge in [-0.2, -0.15) is 0 Å². The summed E-state index contributed by atoms with van der Waals surface area (Å²) in [5.41, 5.74) is 4.08. The first-order valence-electron chi connectivity index (χ1n) is 5.87. The van der Waals surface area contributed by atoms with E-state index in [1.54, 1.807) is 0 Å². The fraction of sp³-hybridized carbons (Fsp3) is 0.571. The lowest BCUT2D eigenvalue weighted by Gasteiger charge is -2.16. The Morgan fingerprint density at radius 1 is 1.13 bits per heavy atom. The Morgan fingerprint density at radius 2 is 1.87 bits per heavy atom. The van der Waals surface area contributed by atoms with Gasteiger partial charge in [-0.1, -0.05) is 31.5 Å². The van der Waals surface area contributed by atoms with Crippen molar-refractivity contribution in [2.45, 2.75) is 46.0 Å². The molecule has 0 heterocycles. The monoisotopic (exact) mass is 206 g/mol. The molecule has 0 radical (unpaired) electrons. The van der Waals surface area contributed by atoms with Crippen LogP contribution in [0.15, 0.2) is 18.2 Å². The molecule has 1 atom stereocenters. The van der Waals surface area contributed by atoms with Crippen LogP contribution in [0.3, 0.4) is 0 Å². The van der Waals surface area contributed by atoms with Crippen LogP contribution in [0.25, 0.3) is 0 Å². The number of hydrogen-bond donors (Lipinski definition) is 1. The molecule has 1 aromatic carbocycles. The van der Waals surface area contributed by atoms with Crippen LogP contribution in [0.5, 0.6) is 0 Å². The van der Waals surface area contributed by atoms with E-state index in [4.69, 9.17) is 5.11 Å². The maximum atomic E-state index is 9.05. The Labute approximate surface area is 93.1 Å². The van der Waals surface area contributed by atoms with Gasteiger partial charge in [0.1, 0.15) is 0 Å². The molecule has 0 saturated carbocycles. The first-order valence-corrected chi connectivity index (χ1v) is 5.87. The molecule has 0 spiro atoms. The molecule has 1 aromatic rings. The number of aryl methyl sites for hydroxylation is 2. The molecule has 0 aliphatic heterocycles. The van der Waals surface area contributed by atoms with E-state index in [1.807, 2.05) is 0 Å². The molecule has 1 rings (SSSR count). The van der Waals surface area contributed by atoms with Crippen LogP contribution in [0.2, 0.25) is 0 Å². The van der Waals surface area contributed by atoms with Gasteiger partial charge in [0.2, 0.25) is 0 Å². The normalized spacial score (nSPS) is 12.8. The zero-order valence-corrected chi connectivity index (χ0v) is 10.1. The van der Waals surface area contributed by atoms with Crippen molar-refractivity contribution in [1.29, 1.82) is 0 Å². The quantitative estimate of drug-likeness (QED) is 0.781. The number of rotatable bonds is 5. The zero-order chi connectivity index (χ0) is 11.3. The predicted octanol–water partition coefficient (Wildman–Crippen LogP) is 3.57. The molecule has 1 nitrogen and oxygen atoms in total. The van der Waals surface area contributed by atoms with Gasteiger partial charge in [0.15, 0.2) is 0 Å². The number of hydrogen-bond acceptors (Lipinski definition) is 1.